The molecule has 2 nitrogen and oxygen atoms in total. The molecular weight excluding hydrogens is 236 g/mol. The van der Waals surface area contributed by atoms with Gasteiger partial charge >= 0.3 is 0 Å². The van der Waals surface area contributed by atoms with E-state index in [9.17, 15) is 5.11 Å². The van der Waals surface area contributed by atoms with Gasteiger partial charge in [0.1, 0.15) is 11.9 Å². The second-order valence-electron chi connectivity index (χ2n) is 4.37. The first kappa shape index (κ1) is 11.8. The van der Waals surface area contributed by atoms with Gasteiger partial charge < -0.3 is 9.52 Å². The topological polar surface area (TPSA) is 33.4 Å². The van der Waals surface area contributed by atoms with E-state index in [-0.39, 0.29) is 0 Å². The molecule has 3 aromatic rings. The molecule has 1 atom stereocenters. The number of hydrogen-bond acceptors (Lipinski definition) is 2. The smallest absolute Gasteiger partial charge is 0.137 e. The number of aliphatic hydroxyl groups excluding tert-OH is 1. The van der Waals surface area contributed by atoms with Crippen molar-refractivity contribution in [3.8, 4) is 11.1 Å². The van der Waals surface area contributed by atoms with Crippen LogP contribution >= 0.6 is 0 Å². The minimum Gasteiger partial charge on any atom is -0.466 e. The molecule has 0 bridgehead atoms. The minimum absolute atomic E-state index is 0.559. The van der Waals surface area contributed by atoms with E-state index in [1.54, 1.807) is 18.4 Å². The van der Waals surface area contributed by atoms with Gasteiger partial charge in [0.25, 0.3) is 0 Å². The molecule has 0 amide bonds. The van der Waals surface area contributed by atoms with E-state index in [4.69, 9.17) is 4.42 Å². The molecule has 0 fully saturated rings. The van der Waals surface area contributed by atoms with Crippen molar-refractivity contribution < 1.29 is 9.52 Å². The lowest BCUT2D eigenvalue weighted by Gasteiger charge is -2.14. The zero-order chi connectivity index (χ0) is 13.1. The summed E-state index contributed by atoms with van der Waals surface area (Å²) in [5, 5.41) is 10.4. The maximum atomic E-state index is 10.4. The first-order valence-electron chi connectivity index (χ1n) is 6.22. The van der Waals surface area contributed by atoms with Crippen molar-refractivity contribution in [3.63, 3.8) is 0 Å². The monoisotopic (exact) mass is 250 g/mol. The molecule has 0 aliphatic rings. The number of benzene rings is 2. The fourth-order valence-electron chi connectivity index (χ4n) is 2.22. The standard InChI is InChI=1S/C17H14O2/c18-17(16-11-6-12-19-16)15-10-5-4-9-14(15)13-7-2-1-3-8-13/h1-12,17-18H. The average molecular weight is 250 g/mol. The summed E-state index contributed by atoms with van der Waals surface area (Å²) >= 11 is 0. The molecule has 0 radical (unpaired) electrons. The fourth-order valence-corrected chi connectivity index (χ4v) is 2.22. The Kier molecular flexibility index (Phi) is 3.17. The van der Waals surface area contributed by atoms with Crippen LogP contribution in [0.3, 0.4) is 0 Å². The zero-order valence-electron chi connectivity index (χ0n) is 10.4. The molecule has 1 N–H and O–H groups in total. The number of furan rings is 1. The van der Waals surface area contributed by atoms with Crippen LogP contribution in [-0.2, 0) is 0 Å². The van der Waals surface area contributed by atoms with E-state index in [2.05, 4.69) is 0 Å². The van der Waals surface area contributed by atoms with Crippen LogP contribution in [0.4, 0.5) is 0 Å². The van der Waals surface area contributed by atoms with Gasteiger partial charge in [-0.25, -0.2) is 0 Å². The van der Waals surface area contributed by atoms with Gasteiger partial charge in [-0.2, -0.15) is 0 Å². The molecule has 1 unspecified atom stereocenters. The second kappa shape index (κ2) is 5.12. The van der Waals surface area contributed by atoms with Crippen molar-refractivity contribution in [2.24, 2.45) is 0 Å². The summed E-state index contributed by atoms with van der Waals surface area (Å²) in [5.74, 6) is 0.559. The van der Waals surface area contributed by atoms with Crippen molar-refractivity contribution in [2.45, 2.75) is 6.10 Å². The number of hydrogen-bond donors (Lipinski definition) is 1. The summed E-state index contributed by atoms with van der Waals surface area (Å²) in [5.41, 5.74) is 2.96. The van der Waals surface area contributed by atoms with Gasteiger partial charge in [0, 0.05) is 0 Å². The average Bonchev–Trinajstić information content (AvgIpc) is 3.02. The Morgan fingerprint density at radius 1 is 0.789 bits per heavy atom. The van der Waals surface area contributed by atoms with E-state index < -0.39 is 6.10 Å². The van der Waals surface area contributed by atoms with E-state index in [0.717, 1.165) is 16.7 Å². The van der Waals surface area contributed by atoms with Crippen LogP contribution in [0.25, 0.3) is 11.1 Å². The Balaban J connectivity index is 2.08. The molecule has 19 heavy (non-hydrogen) atoms. The molecule has 0 spiro atoms. The molecule has 2 aromatic carbocycles. The van der Waals surface area contributed by atoms with Gasteiger partial charge in [0.2, 0.25) is 0 Å². The lowest BCUT2D eigenvalue weighted by molar-refractivity contribution is 0.190. The van der Waals surface area contributed by atoms with Crippen molar-refractivity contribution >= 4 is 0 Å². The third kappa shape index (κ3) is 2.30. The summed E-state index contributed by atoms with van der Waals surface area (Å²) in [7, 11) is 0. The molecular formula is C17H14O2. The lowest BCUT2D eigenvalue weighted by atomic mass is 9.95. The van der Waals surface area contributed by atoms with Gasteiger partial charge in [0.05, 0.1) is 6.26 Å². The first-order valence-corrected chi connectivity index (χ1v) is 6.22. The van der Waals surface area contributed by atoms with E-state index in [1.165, 1.54) is 0 Å². The quantitative estimate of drug-likeness (QED) is 0.761. The third-order valence-corrected chi connectivity index (χ3v) is 3.15. The number of aliphatic hydroxyl groups is 1. The van der Waals surface area contributed by atoms with Crippen LogP contribution in [-0.4, -0.2) is 5.11 Å². The van der Waals surface area contributed by atoms with Gasteiger partial charge in [-0.15, -0.1) is 0 Å². The van der Waals surface area contributed by atoms with E-state index >= 15 is 0 Å². The van der Waals surface area contributed by atoms with Crippen molar-refractivity contribution in [1.29, 1.82) is 0 Å². The molecule has 0 saturated heterocycles. The normalized spacial score (nSPS) is 12.3. The largest absolute Gasteiger partial charge is 0.466 e. The van der Waals surface area contributed by atoms with Gasteiger partial charge in [-0.05, 0) is 28.8 Å². The Morgan fingerprint density at radius 3 is 2.26 bits per heavy atom. The SMILES string of the molecule is OC(c1ccco1)c1ccccc1-c1ccccc1. The van der Waals surface area contributed by atoms with Gasteiger partial charge in [0.15, 0.2) is 0 Å². The van der Waals surface area contributed by atoms with E-state index in [0.29, 0.717) is 5.76 Å². The molecule has 3 rings (SSSR count). The highest BCUT2D eigenvalue weighted by Crippen LogP contribution is 2.31. The predicted molar refractivity (Wildman–Crippen MR) is 74.6 cm³/mol. The molecule has 0 saturated carbocycles. The number of rotatable bonds is 3. The molecule has 2 heteroatoms. The van der Waals surface area contributed by atoms with Crippen LogP contribution in [0.5, 0.6) is 0 Å². The predicted octanol–water partition coefficient (Wildman–Crippen LogP) is 4.03. The maximum Gasteiger partial charge on any atom is 0.137 e. The highest BCUT2D eigenvalue weighted by molar-refractivity contribution is 5.68. The van der Waals surface area contributed by atoms with Crippen LogP contribution in [0, 0.1) is 0 Å². The molecule has 1 heterocycles. The summed E-state index contributed by atoms with van der Waals surface area (Å²) in [4.78, 5) is 0. The van der Waals surface area contributed by atoms with Gasteiger partial charge in [-0.1, -0.05) is 54.6 Å². The second-order valence-corrected chi connectivity index (χ2v) is 4.37. The Morgan fingerprint density at radius 2 is 1.53 bits per heavy atom. The molecule has 94 valence electrons. The highest BCUT2D eigenvalue weighted by atomic mass is 16.4. The maximum absolute atomic E-state index is 10.4. The molecule has 1 aromatic heterocycles. The van der Waals surface area contributed by atoms with E-state index in [1.807, 2.05) is 54.6 Å². The Bertz CT molecular complexity index is 642. The lowest BCUT2D eigenvalue weighted by Crippen LogP contribution is -2.00. The summed E-state index contributed by atoms with van der Waals surface area (Å²) in [6, 6.07) is 21.4. The first-order chi connectivity index (χ1) is 9.36. The highest BCUT2D eigenvalue weighted by Gasteiger charge is 2.17. The Hall–Kier alpha value is -2.32. The summed E-state index contributed by atoms with van der Waals surface area (Å²) in [6.45, 7) is 0. The zero-order valence-corrected chi connectivity index (χ0v) is 10.4. The molecule has 0 aliphatic carbocycles. The third-order valence-electron chi connectivity index (χ3n) is 3.15. The summed E-state index contributed by atoms with van der Waals surface area (Å²) < 4.78 is 5.29. The van der Waals surface area contributed by atoms with Crippen molar-refractivity contribution in [3.05, 3.63) is 84.3 Å². The van der Waals surface area contributed by atoms with Crippen molar-refractivity contribution in [2.75, 3.05) is 0 Å². The summed E-state index contributed by atoms with van der Waals surface area (Å²) in [6.07, 6.45) is 0.829. The minimum atomic E-state index is -0.744. The van der Waals surface area contributed by atoms with Gasteiger partial charge in [-0.3, -0.25) is 0 Å². The van der Waals surface area contributed by atoms with Crippen LogP contribution < -0.4 is 0 Å². The van der Waals surface area contributed by atoms with Crippen LogP contribution in [0.1, 0.15) is 17.4 Å². The van der Waals surface area contributed by atoms with Crippen molar-refractivity contribution in [1.82, 2.24) is 0 Å². The fraction of sp³-hybridized carbons (Fsp3) is 0.0588. The Labute approximate surface area is 111 Å². The molecule has 0 aliphatic heterocycles. The van der Waals surface area contributed by atoms with Crippen LogP contribution in [0.2, 0.25) is 0 Å². The van der Waals surface area contributed by atoms with Crippen LogP contribution in [0.15, 0.2) is 77.4 Å².